The van der Waals surface area contributed by atoms with Gasteiger partial charge in [-0.2, -0.15) is 0 Å². The lowest BCUT2D eigenvalue weighted by molar-refractivity contribution is -0.140. The Morgan fingerprint density at radius 2 is 1.75 bits per heavy atom. The van der Waals surface area contributed by atoms with E-state index in [9.17, 15) is 9.59 Å². The number of guanidine groups is 1. The molecule has 0 spiro atoms. The van der Waals surface area contributed by atoms with E-state index in [1.54, 1.807) is 7.05 Å². The van der Waals surface area contributed by atoms with Crippen LogP contribution in [0, 0.1) is 23.7 Å². The van der Waals surface area contributed by atoms with Crippen molar-refractivity contribution in [3.63, 3.8) is 0 Å². The molecule has 0 aromatic carbocycles. The zero-order valence-corrected chi connectivity index (χ0v) is 17.5. The molecule has 3 aliphatic rings. The van der Waals surface area contributed by atoms with Crippen molar-refractivity contribution >= 4 is 17.8 Å². The van der Waals surface area contributed by atoms with Crippen LogP contribution in [0.1, 0.15) is 33.1 Å². The first-order chi connectivity index (χ1) is 13.6. The van der Waals surface area contributed by atoms with Crippen molar-refractivity contribution in [2.45, 2.75) is 33.1 Å². The fourth-order valence-electron chi connectivity index (χ4n) is 4.93. The molecule has 4 unspecified atom stereocenters. The van der Waals surface area contributed by atoms with Gasteiger partial charge in [0.15, 0.2) is 5.96 Å². The summed E-state index contributed by atoms with van der Waals surface area (Å²) < 4.78 is 0. The SMILES string of the molecule is CCCN(CC)CCNC(=NC)NCCCN1C(=O)C2C3C=CC(C3)C2C1=O. The van der Waals surface area contributed by atoms with Crippen LogP contribution < -0.4 is 10.6 Å². The van der Waals surface area contributed by atoms with E-state index in [0.29, 0.717) is 13.1 Å². The van der Waals surface area contributed by atoms with Gasteiger partial charge in [-0.25, -0.2) is 0 Å². The van der Waals surface area contributed by atoms with E-state index in [1.807, 2.05) is 0 Å². The Morgan fingerprint density at radius 1 is 1.11 bits per heavy atom. The quantitative estimate of drug-likeness (QED) is 0.192. The smallest absolute Gasteiger partial charge is 0.233 e. The van der Waals surface area contributed by atoms with Gasteiger partial charge in [0.25, 0.3) is 0 Å². The highest BCUT2D eigenvalue weighted by Gasteiger charge is 2.58. The van der Waals surface area contributed by atoms with Crippen LogP contribution in [0.4, 0.5) is 0 Å². The van der Waals surface area contributed by atoms with E-state index in [4.69, 9.17) is 0 Å². The number of imide groups is 1. The average molecular weight is 390 g/mol. The molecule has 156 valence electrons. The molecular weight excluding hydrogens is 354 g/mol. The number of rotatable bonds is 10. The molecule has 0 aromatic heterocycles. The van der Waals surface area contributed by atoms with Gasteiger partial charge >= 0.3 is 0 Å². The number of fused-ring (bicyclic) bond motifs is 5. The first-order valence-electron chi connectivity index (χ1n) is 10.8. The monoisotopic (exact) mass is 389 g/mol. The predicted octanol–water partition coefficient (Wildman–Crippen LogP) is 1.08. The second-order valence-electron chi connectivity index (χ2n) is 8.04. The number of hydrogen-bond donors (Lipinski definition) is 2. The van der Waals surface area contributed by atoms with Crippen LogP contribution in [0.2, 0.25) is 0 Å². The molecule has 1 saturated heterocycles. The van der Waals surface area contributed by atoms with Crippen molar-refractivity contribution < 1.29 is 9.59 Å². The third kappa shape index (κ3) is 4.24. The number of carbonyl (C=O) groups is 2. The number of nitrogens with zero attached hydrogens (tertiary/aromatic N) is 3. The van der Waals surface area contributed by atoms with Crippen LogP contribution >= 0.6 is 0 Å². The Morgan fingerprint density at radius 3 is 2.32 bits per heavy atom. The summed E-state index contributed by atoms with van der Waals surface area (Å²) in [6.45, 7) is 9.55. The number of carbonyl (C=O) groups excluding carboxylic acids is 2. The van der Waals surface area contributed by atoms with Gasteiger partial charge < -0.3 is 15.5 Å². The van der Waals surface area contributed by atoms with E-state index in [0.717, 1.165) is 51.4 Å². The normalized spacial score (nSPS) is 28.6. The van der Waals surface area contributed by atoms with Crippen molar-refractivity contribution in [2.24, 2.45) is 28.7 Å². The van der Waals surface area contributed by atoms with E-state index >= 15 is 0 Å². The summed E-state index contributed by atoms with van der Waals surface area (Å²) in [6, 6.07) is 0. The molecule has 0 aromatic rings. The van der Waals surface area contributed by atoms with E-state index in [2.05, 4.69) is 46.5 Å². The third-order valence-corrected chi connectivity index (χ3v) is 6.34. The summed E-state index contributed by atoms with van der Waals surface area (Å²) in [5, 5.41) is 6.62. The second kappa shape index (κ2) is 9.54. The lowest BCUT2D eigenvalue weighted by Crippen LogP contribution is -2.43. The van der Waals surface area contributed by atoms with Gasteiger partial charge in [0, 0.05) is 33.2 Å². The van der Waals surface area contributed by atoms with Crippen LogP contribution in [0.5, 0.6) is 0 Å². The molecule has 2 bridgehead atoms. The summed E-state index contributed by atoms with van der Waals surface area (Å²) in [4.78, 5) is 33.5. The number of hydrogen-bond acceptors (Lipinski definition) is 4. The molecule has 1 heterocycles. The van der Waals surface area contributed by atoms with Crippen molar-refractivity contribution in [3.05, 3.63) is 12.2 Å². The number of allylic oxidation sites excluding steroid dienone is 2. The maximum Gasteiger partial charge on any atom is 0.233 e. The molecule has 2 aliphatic carbocycles. The Labute approximate surface area is 168 Å². The molecule has 1 saturated carbocycles. The maximum absolute atomic E-state index is 12.7. The van der Waals surface area contributed by atoms with E-state index in [-0.39, 0.29) is 35.5 Å². The van der Waals surface area contributed by atoms with Crippen LogP contribution in [0.3, 0.4) is 0 Å². The van der Waals surface area contributed by atoms with Crippen LogP contribution in [-0.4, -0.2) is 73.9 Å². The lowest BCUT2D eigenvalue weighted by Gasteiger charge is -2.21. The molecule has 3 rings (SSSR count). The van der Waals surface area contributed by atoms with Gasteiger partial charge in [0.1, 0.15) is 0 Å². The van der Waals surface area contributed by atoms with Crippen LogP contribution in [0.25, 0.3) is 0 Å². The molecule has 2 amide bonds. The number of aliphatic imine (C=N–C) groups is 1. The third-order valence-electron chi connectivity index (χ3n) is 6.34. The summed E-state index contributed by atoms with van der Waals surface area (Å²) in [6.07, 6.45) is 7.15. The molecule has 7 heteroatoms. The minimum absolute atomic E-state index is 0.0462. The number of likely N-dealkylation sites (tertiary alicyclic amines) is 1. The Kier molecular flexibility index (Phi) is 7.10. The summed E-state index contributed by atoms with van der Waals surface area (Å²) in [5.41, 5.74) is 0. The number of nitrogens with one attached hydrogen (secondary N) is 2. The van der Waals surface area contributed by atoms with Gasteiger partial charge in [-0.15, -0.1) is 0 Å². The van der Waals surface area contributed by atoms with Crippen molar-refractivity contribution in [1.82, 2.24) is 20.4 Å². The Balaban J connectivity index is 1.36. The molecule has 28 heavy (non-hydrogen) atoms. The minimum Gasteiger partial charge on any atom is -0.356 e. The van der Waals surface area contributed by atoms with Crippen LogP contribution in [0.15, 0.2) is 17.1 Å². The largest absolute Gasteiger partial charge is 0.356 e. The fourth-order valence-corrected chi connectivity index (χ4v) is 4.93. The average Bonchev–Trinajstić information content (AvgIpc) is 3.38. The van der Waals surface area contributed by atoms with Gasteiger partial charge in [-0.1, -0.05) is 26.0 Å². The highest BCUT2D eigenvalue weighted by molar-refractivity contribution is 6.06. The lowest BCUT2D eigenvalue weighted by atomic mass is 9.85. The predicted molar refractivity (Wildman–Crippen MR) is 111 cm³/mol. The van der Waals surface area contributed by atoms with Gasteiger partial charge in [-0.3, -0.25) is 19.5 Å². The molecule has 2 N–H and O–H groups in total. The van der Waals surface area contributed by atoms with Gasteiger partial charge in [0.05, 0.1) is 11.8 Å². The molecule has 2 fully saturated rings. The Bertz CT molecular complexity index is 602. The molecule has 1 aliphatic heterocycles. The van der Waals surface area contributed by atoms with Crippen molar-refractivity contribution in [2.75, 3.05) is 46.3 Å². The fraction of sp³-hybridized carbons (Fsp3) is 0.762. The summed E-state index contributed by atoms with van der Waals surface area (Å²) >= 11 is 0. The highest BCUT2D eigenvalue weighted by Crippen LogP contribution is 2.52. The van der Waals surface area contributed by atoms with Crippen molar-refractivity contribution in [3.8, 4) is 0 Å². The summed E-state index contributed by atoms with van der Waals surface area (Å²) in [5.74, 6) is 1.26. The maximum atomic E-state index is 12.7. The van der Waals surface area contributed by atoms with E-state index in [1.165, 1.54) is 4.90 Å². The first kappa shape index (κ1) is 20.8. The molecular formula is C21H35N5O2. The molecule has 0 radical (unpaired) electrons. The topological polar surface area (TPSA) is 77.0 Å². The number of likely N-dealkylation sites (N-methyl/N-ethyl adjacent to an activating group) is 1. The zero-order valence-electron chi connectivity index (χ0n) is 17.5. The van der Waals surface area contributed by atoms with Crippen molar-refractivity contribution in [1.29, 1.82) is 0 Å². The standard InChI is InChI=1S/C21H35N5O2/c1-4-11-25(5-2)13-10-24-21(22-3)23-9-6-12-26-19(27)17-15-7-8-16(14-15)18(17)20(26)28/h7-8,15-18H,4-6,9-14H2,1-3H3,(H2,22,23,24). The molecule has 4 atom stereocenters. The van der Waals surface area contributed by atoms with Gasteiger partial charge in [-0.05, 0) is 44.2 Å². The molecule has 7 nitrogen and oxygen atoms in total. The minimum atomic E-state index is -0.0884. The van der Waals surface area contributed by atoms with Gasteiger partial charge in [0.2, 0.25) is 11.8 Å². The first-order valence-corrected chi connectivity index (χ1v) is 10.8. The van der Waals surface area contributed by atoms with Crippen LogP contribution in [-0.2, 0) is 9.59 Å². The highest BCUT2D eigenvalue weighted by atomic mass is 16.2. The summed E-state index contributed by atoms with van der Waals surface area (Å²) in [7, 11) is 1.76. The Hall–Kier alpha value is -1.89. The zero-order chi connectivity index (χ0) is 20.1. The number of amides is 2. The van der Waals surface area contributed by atoms with E-state index < -0.39 is 0 Å². The second-order valence-corrected chi connectivity index (χ2v) is 8.04.